The smallest absolute Gasteiger partial charge is 0.0981 e. The minimum Gasteiger partial charge on any atom is -0.719 e. The maximum absolute atomic E-state index is 9.85. The lowest BCUT2D eigenvalue weighted by atomic mass is 10.8. The molecule has 0 aromatic carbocycles. The predicted octanol–water partition coefficient (Wildman–Crippen LogP) is 0.482. The maximum Gasteiger partial charge on any atom is 0.0981 e. The third-order valence-electron chi connectivity index (χ3n) is 0.364. The van der Waals surface area contributed by atoms with Crippen LogP contribution in [0.1, 0.15) is 0 Å². The zero-order valence-electron chi connectivity index (χ0n) is 3.61. The molecule has 1 amide bonds. The van der Waals surface area contributed by atoms with Crippen LogP contribution in [0, 0.1) is 0 Å². The van der Waals surface area contributed by atoms with Crippen LogP contribution >= 0.6 is 11.6 Å². The van der Waals surface area contributed by atoms with Gasteiger partial charge in [-0.05, 0) is 0 Å². The zero-order valence-corrected chi connectivity index (χ0v) is 5.18. The first kappa shape index (κ1) is 6.98. The number of amides is 1. The number of halogens is 1. The second-order valence-electron chi connectivity index (χ2n) is 0.903. The number of hydrogen-bond acceptors (Lipinski definition) is 2. The lowest BCUT2D eigenvalue weighted by Crippen LogP contribution is -2.20. The summed E-state index contributed by atoms with van der Waals surface area (Å²) in [4.78, 5) is 9.85. The molecular formula is C3H5ClNOS-. The Morgan fingerprint density at radius 3 is 2.57 bits per heavy atom. The van der Waals surface area contributed by atoms with Crippen molar-refractivity contribution in [3.63, 3.8) is 0 Å². The van der Waals surface area contributed by atoms with Crippen LogP contribution < -0.4 is 5.32 Å². The summed E-state index contributed by atoms with van der Waals surface area (Å²) in [7, 11) is 0. The Kier molecular flexibility index (Phi) is 4.14. The SMILES string of the molecule is O=C([S-])NCCCl. The van der Waals surface area contributed by atoms with Crippen LogP contribution in [-0.4, -0.2) is 17.7 Å². The molecule has 0 saturated heterocycles. The summed E-state index contributed by atoms with van der Waals surface area (Å²) in [6.07, 6.45) is 0. The fraction of sp³-hybridized carbons (Fsp3) is 0.667. The monoisotopic (exact) mass is 138 g/mol. The van der Waals surface area contributed by atoms with E-state index in [-0.39, 0.29) is 0 Å². The molecule has 0 aliphatic rings. The normalized spacial score (nSPS) is 8.14. The van der Waals surface area contributed by atoms with Crippen LogP contribution in [0.25, 0.3) is 0 Å². The van der Waals surface area contributed by atoms with Crippen molar-refractivity contribution < 1.29 is 4.79 Å². The number of nitrogens with one attached hydrogen (secondary N) is 1. The Hall–Kier alpha value is -0.0200. The quantitative estimate of drug-likeness (QED) is 0.444. The molecule has 2 nitrogen and oxygen atoms in total. The van der Waals surface area contributed by atoms with Gasteiger partial charge in [0.2, 0.25) is 0 Å². The van der Waals surface area contributed by atoms with Crippen molar-refractivity contribution >= 4 is 29.5 Å². The van der Waals surface area contributed by atoms with Crippen molar-refractivity contribution in [2.24, 2.45) is 0 Å². The van der Waals surface area contributed by atoms with Crippen LogP contribution in [0.5, 0.6) is 0 Å². The summed E-state index contributed by atoms with van der Waals surface area (Å²) in [6.45, 7) is 0.462. The number of carbonyl (C=O) groups is 1. The van der Waals surface area contributed by atoms with E-state index in [1.165, 1.54) is 0 Å². The molecule has 42 valence electrons. The first-order valence-electron chi connectivity index (χ1n) is 1.78. The molecule has 0 aromatic heterocycles. The second-order valence-corrected chi connectivity index (χ2v) is 1.65. The first-order valence-corrected chi connectivity index (χ1v) is 2.72. The van der Waals surface area contributed by atoms with Gasteiger partial charge in [-0.1, -0.05) is 0 Å². The lowest BCUT2D eigenvalue weighted by Gasteiger charge is -2.02. The Bertz CT molecular complexity index is 68.0. The summed E-state index contributed by atoms with van der Waals surface area (Å²) in [6, 6.07) is 0. The highest BCUT2D eigenvalue weighted by atomic mass is 35.5. The molecule has 7 heavy (non-hydrogen) atoms. The number of alkyl halides is 1. The van der Waals surface area contributed by atoms with Crippen molar-refractivity contribution in [2.75, 3.05) is 12.4 Å². The highest BCUT2D eigenvalue weighted by molar-refractivity contribution is 7.76. The van der Waals surface area contributed by atoms with Crippen LogP contribution in [0.3, 0.4) is 0 Å². The predicted molar refractivity (Wildman–Crippen MR) is 31.5 cm³/mol. The first-order chi connectivity index (χ1) is 3.27. The molecule has 0 unspecified atom stereocenters. The highest BCUT2D eigenvalue weighted by Gasteiger charge is 1.76. The average molecular weight is 139 g/mol. The molecule has 0 spiro atoms. The standard InChI is InChI=1S/C3H6ClNOS/c4-1-2-5-3(6)7/h1-2H2,(H2,5,6,7)/p-1. The van der Waals surface area contributed by atoms with Crippen LogP contribution in [0.2, 0.25) is 0 Å². The van der Waals surface area contributed by atoms with E-state index >= 15 is 0 Å². The molecule has 0 heterocycles. The summed E-state index contributed by atoms with van der Waals surface area (Å²) in [5.41, 5.74) is 0. The van der Waals surface area contributed by atoms with Gasteiger partial charge in [0.15, 0.2) is 0 Å². The largest absolute Gasteiger partial charge is 0.719 e. The highest BCUT2D eigenvalue weighted by Crippen LogP contribution is 1.69. The van der Waals surface area contributed by atoms with E-state index < -0.39 is 5.24 Å². The molecule has 1 N–H and O–H groups in total. The molecule has 0 radical (unpaired) electrons. The Labute approximate surface area is 52.6 Å². The molecule has 0 aliphatic carbocycles. The summed E-state index contributed by atoms with van der Waals surface area (Å²) in [5.74, 6) is 0.419. The van der Waals surface area contributed by atoms with E-state index in [0.29, 0.717) is 12.4 Å². The van der Waals surface area contributed by atoms with E-state index in [1.807, 2.05) is 0 Å². The summed E-state index contributed by atoms with van der Waals surface area (Å²) < 4.78 is 0. The van der Waals surface area contributed by atoms with Gasteiger partial charge in [-0.25, -0.2) is 0 Å². The third-order valence-corrected chi connectivity index (χ3v) is 0.697. The van der Waals surface area contributed by atoms with E-state index in [9.17, 15) is 4.79 Å². The van der Waals surface area contributed by atoms with Gasteiger partial charge in [0, 0.05) is 12.4 Å². The molecule has 0 saturated carbocycles. The fourth-order valence-corrected chi connectivity index (χ4v) is 0.346. The second kappa shape index (κ2) is 4.15. The van der Waals surface area contributed by atoms with Crippen molar-refractivity contribution in [2.45, 2.75) is 0 Å². The topological polar surface area (TPSA) is 29.1 Å². The molecule has 0 bridgehead atoms. The summed E-state index contributed by atoms with van der Waals surface area (Å²) >= 11 is 9.32. The Morgan fingerprint density at radius 1 is 1.86 bits per heavy atom. The van der Waals surface area contributed by atoms with Crippen molar-refractivity contribution in [3.8, 4) is 0 Å². The molecule has 0 aromatic rings. The molecule has 0 rings (SSSR count). The van der Waals surface area contributed by atoms with E-state index in [1.54, 1.807) is 0 Å². The van der Waals surface area contributed by atoms with Crippen LogP contribution in [0.4, 0.5) is 4.79 Å². The van der Waals surface area contributed by atoms with Gasteiger partial charge in [-0.15, -0.1) is 11.6 Å². The molecule has 4 heteroatoms. The van der Waals surface area contributed by atoms with Gasteiger partial charge in [0.1, 0.15) is 0 Å². The van der Waals surface area contributed by atoms with Crippen LogP contribution in [0.15, 0.2) is 0 Å². The summed E-state index contributed by atoms with van der Waals surface area (Å²) in [5, 5.41) is 1.90. The van der Waals surface area contributed by atoms with Gasteiger partial charge >= 0.3 is 0 Å². The third kappa shape index (κ3) is 5.98. The van der Waals surface area contributed by atoms with Crippen molar-refractivity contribution in [1.29, 1.82) is 0 Å². The average Bonchev–Trinajstić information content (AvgIpc) is 1.61. The van der Waals surface area contributed by atoms with Gasteiger partial charge in [-0.3, -0.25) is 0 Å². The lowest BCUT2D eigenvalue weighted by molar-refractivity contribution is 0.261. The fourth-order valence-electron chi connectivity index (χ4n) is 0.149. The van der Waals surface area contributed by atoms with Crippen molar-refractivity contribution in [3.05, 3.63) is 0 Å². The van der Waals surface area contributed by atoms with E-state index in [2.05, 4.69) is 17.9 Å². The van der Waals surface area contributed by atoms with Gasteiger partial charge in [0.25, 0.3) is 0 Å². The molecule has 0 atom stereocenters. The minimum atomic E-state index is -0.444. The minimum absolute atomic E-state index is 0.419. The Balaban J connectivity index is 2.82. The molecule has 0 fully saturated rings. The van der Waals surface area contributed by atoms with Gasteiger partial charge in [0.05, 0.1) is 5.24 Å². The number of hydrogen-bond donors (Lipinski definition) is 1. The molecular weight excluding hydrogens is 134 g/mol. The van der Waals surface area contributed by atoms with Crippen molar-refractivity contribution in [1.82, 2.24) is 5.32 Å². The zero-order chi connectivity index (χ0) is 5.70. The Morgan fingerprint density at radius 2 is 2.43 bits per heavy atom. The van der Waals surface area contributed by atoms with Crippen LogP contribution in [-0.2, 0) is 12.6 Å². The maximum atomic E-state index is 9.85. The number of carbonyl (C=O) groups excluding carboxylic acids is 1. The van der Waals surface area contributed by atoms with Gasteiger partial charge in [-0.2, -0.15) is 0 Å². The van der Waals surface area contributed by atoms with E-state index in [0.717, 1.165) is 0 Å². The van der Waals surface area contributed by atoms with Gasteiger partial charge < -0.3 is 22.7 Å². The molecule has 0 aliphatic heterocycles. The van der Waals surface area contributed by atoms with E-state index in [4.69, 9.17) is 11.6 Å². The number of rotatable bonds is 2.